The fraction of sp³-hybridized carbons (Fsp3) is 0.318. The van der Waals surface area contributed by atoms with Crippen LogP contribution in [0.25, 0.3) is 0 Å². The van der Waals surface area contributed by atoms with Crippen LogP contribution in [0, 0.1) is 0 Å². The van der Waals surface area contributed by atoms with Gasteiger partial charge in [0, 0.05) is 30.8 Å². The van der Waals surface area contributed by atoms with E-state index in [0.717, 1.165) is 5.56 Å². The summed E-state index contributed by atoms with van der Waals surface area (Å²) < 4.78 is 5.11. The minimum atomic E-state index is -0.576. The first-order valence-electron chi connectivity index (χ1n) is 9.42. The van der Waals surface area contributed by atoms with Gasteiger partial charge < -0.3 is 20.7 Å². The number of hydrogen-bond donors (Lipinski definition) is 3. The maximum Gasteiger partial charge on any atom is 0.407 e. The molecule has 2 rings (SSSR count). The van der Waals surface area contributed by atoms with Crippen LogP contribution in [0.3, 0.4) is 0 Å². The number of alkyl carbamates (subject to hydrolysis) is 1. The molecular formula is C22H27N3O4. The lowest BCUT2D eigenvalue weighted by Gasteiger charge is -2.19. The highest BCUT2D eigenvalue weighted by atomic mass is 16.6. The summed E-state index contributed by atoms with van der Waals surface area (Å²) in [5.74, 6) is -0.389. The van der Waals surface area contributed by atoms with E-state index in [1.165, 1.54) is 0 Å². The number of benzene rings is 2. The van der Waals surface area contributed by atoms with Gasteiger partial charge in [-0.15, -0.1) is 0 Å². The van der Waals surface area contributed by atoms with Gasteiger partial charge in [-0.2, -0.15) is 0 Å². The molecule has 0 radical (unpaired) electrons. The average Bonchev–Trinajstić information content (AvgIpc) is 2.66. The van der Waals surface area contributed by atoms with Gasteiger partial charge in [-0.3, -0.25) is 9.59 Å². The van der Waals surface area contributed by atoms with E-state index in [9.17, 15) is 14.4 Å². The van der Waals surface area contributed by atoms with Crippen LogP contribution < -0.4 is 16.0 Å². The largest absolute Gasteiger partial charge is 0.444 e. The normalized spacial score (nSPS) is 10.7. The quantitative estimate of drug-likeness (QED) is 0.666. The van der Waals surface area contributed by atoms with Crippen LogP contribution in [0.1, 0.15) is 43.1 Å². The first-order chi connectivity index (χ1) is 13.7. The second-order valence-electron chi connectivity index (χ2n) is 7.48. The number of amides is 3. The lowest BCUT2D eigenvalue weighted by atomic mass is 10.1. The van der Waals surface area contributed by atoms with Crippen LogP contribution in [0.15, 0.2) is 54.6 Å². The van der Waals surface area contributed by atoms with Gasteiger partial charge in [0.2, 0.25) is 5.91 Å². The zero-order valence-corrected chi connectivity index (χ0v) is 17.0. The Labute approximate surface area is 170 Å². The summed E-state index contributed by atoms with van der Waals surface area (Å²) in [4.78, 5) is 35.7. The Morgan fingerprint density at radius 3 is 2.34 bits per heavy atom. The molecule has 7 nitrogen and oxygen atoms in total. The third-order valence-electron chi connectivity index (χ3n) is 3.73. The van der Waals surface area contributed by atoms with E-state index < -0.39 is 11.7 Å². The minimum Gasteiger partial charge on any atom is -0.444 e. The second kappa shape index (κ2) is 10.3. The minimum absolute atomic E-state index is 0.143. The molecule has 0 saturated carbocycles. The smallest absolute Gasteiger partial charge is 0.407 e. The van der Waals surface area contributed by atoms with E-state index in [1.807, 2.05) is 18.2 Å². The van der Waals surface area contributed by atoms with Gasteiger partial charge in [-0.05, 0) is 50.6 Å². The molecule has 3 N–H and O–H groups in total. The number of rotatable bonds is 7. The Hall–Kier alpha value is -3.35. The molecule has 2 aromatic carbocycles. The fourth-order valence-corrected chi connectivity index (χ4v) is 2.43. The van der Waals surface area contributed by atoms with Crippen molar-refractivity contribution in [3.8, 4) is 0 Å². The van der Waals surface area contributed by atoms with Crippen molar-refractivity contribution in [2.45, 2.75) is 39.3 Å². The predicted molar refractivity (Wildman–Crippen MR) is 112 cm³/mol. The summed E-state index contributed by atoms with van der Waals surface area (Å²) in [7, 11) is 0. The molecule has 0 fully saturated rings. The maximum absolute atomic E-state index is 12.2. The molecule has 0 saturated heterocycles. The molecule has 0 spiro atoms. The standard InChI is InChI=1S/C22H27N3O4/c1-22(2,3)29-21(28)23-13-12-19(26)24-15-16-8-7-11-18(14-16)25-20(27)17-9-5-4-6-10-17/h4-11,14H,12-13,15H2,1-3H3,(H,23,28)(H,24,26)(H,25,27). The highest BCUT2D eigenvalue weighted by molar-refractivity contribution is 6.04. The summed E-state index contributed by atoms with van der Waals surface area (Å²) in [6.45, 7) is 5.83. The maximum atomic E-state index is 12.2. The molecule has 29 heavy (non-hydrogen) atoms. The van der Waals surface area contributed by atoms with Gasteiger partial charge in [-0.1, -0.05) is 30.3 Å². The molecule has 7 heteroatoms. The molecule has 0 aliphatic heterocycles. The van der Waals surface area contributed by atoms with Gasteiger partial charge in [0.15, 0.2) is 0 Å². The zero-order chi connectivity index (χ0) is 21.3. The van der Waals surface area contributed by atoms with Crippen molar-refractivity contribution < 1.29 is 19.1 Å². The first kappa shape index (κ1) is 21.9. The SMILES string of the molecule is CC(C)(C)OC(=O)NCCC(=O)NCc1cccc(NC(=O)c2ccccc2)c1. The number of ether oxygens (including phenoxy) is 1. The lowest BCUT2D eigenvalue weighted by molar-refractivity contribution is -0.121. The van der Waals surface area contributed by atoms with Crippen molar-refractivity contribution in [2.24, 2.45) is 0 Å². The molecule has 0 aliphatic carbocycles. The molecule has 0 bridgehead atoms. The Bertz CT molecular complexity index is 845. The molecule has 2 aromatic rings. The van der Waals surface area contributed by atoms with E-state index >= 15 is 0 Å². The molecule has 3 amide bonds. The topological polar surface area (TPSA) is 96.5 Å². The number of carbonyl (C=O) groups excluding carboxylic acids is 3. The summed E-state index contributed by atoms with van der Waals surface area (Å²) in [5.41, 5.74) is 1.50. The predicted octanol–water partition coefficient (Wildman–Crippen LogP) is 3.47. The molecule has 0 aliphatic rings. The highest BCUT2D eigenvalue weighted by Gasteiger charge is 2.15. The van der Waals surface area contributed by atoms with E-state index in [2.05, 4.69) is 16.0 Å². The van der Waals surface area contributed by atoms with Gasteiger partial charge in [0.1, 0.15) is 5.60 Å². The molecule has 0 atom stereocenters. The Morgan fingerprint density at radius 1 is 0.931 bits per heavy atom. The van der Waals surface area contributed by atoms with Crippen molar-refractivity contribution >= 4 is 23.6 Å². The van der Waals surface area contributed by atoms with E-state index in [-0.39, 0.29) is 24.8 Å². The molecule has 0 unspecified atom stereocenters. The number of carbonyl (C=O) groups is 3. The van der Waals surface area contributed by atoms with Crippen LogP contribution >= 0.6 is 0 Å². The van der Waals surface area contributed by atoms with E-state index in [1.54, 1.807) is 57.2 Å². The van der Waals surface area contributed by atoms with Crippen molar-refractivity contribution in [1.29, 1.82) is 0 Å². The second-order valence-corrected chi connectivity index (χ2v) is 7.48. The van der Waals surface area contributed by atoms with Gasteiger partial charge in [-0.25, -0.2) is 4.79 Å². The fourth-order valence-electron chi connectivity index (χ4n) is 2.43. The Kier molecular flexibility index (Phi) is 7.77. The highest BCUT2D eigenvalue weighted by Crippen LogP contribution is 2.12. The third-order valence-corrected chi connectivity index (χ3v) is 3.73. The monoisotopic (exact) mass is 397 g/mol. The Morgan fingerprint density at radius 2 is 1.66 bits per heavy atom. The first-order valence-corrected chi connectivity index (χ1v) is 9.42. The van der Waals surface area contributed by atoms with E-state index in [4.69, 9.17) is 4.74 Å². The van der Waals surface area contributed by atoms with Gasteiger partial charge in [0.05, 0.1) is 0 Å². The van der Waals surface area contributed by atoms with Crippen LogP contribution in [-0.2, 0) is 16.1 Å². The van der Waals surface area contributed by atoms with Crippen LogP contribution in [0.4, 0.5) is 10.5 Å². The summed E-state index contributed by atoms with van der Waals surface area (Å²) in [6.07, 6.45) is -0.406. The summed E-state index contributed by atoms with van der Waals surface area (Å²) in [6, 6.07) is 16.2. The Balaban J connectivity index is 1.76. The lowest BCUT2D eigenvalue weighted by Crippen LogP contribution is -2.35. The zero-order valence-electron chi connectivity index (χ0n) is 17.0. The molecule has 154 valence electrons. The summed E-state index contributed by atoms with van der Waals surface area (Å²) in [5, 5.41) is 8.17. The number of hydrogen-bond acceptors (Lipinski definition) is 4. The van der Waals surface area contributed by atoms with Gasteiger partial charge in [0.25, 0.3) is 5.91 Å². The summed E-state index contributed by atoms with van der Waals surface area (Å²) >= 11 is 0. The number of anilines is 1. The van der Waals surface area contributed by atoms with Crippen molar-refractivity contribution in [3.05, 3.63) is 65.7 Å². The van der Waals surface area contributed by atoms with Crippen LogP contribution in [0.2, 0.25) is 0 Å². The molecule has 0 aromatic heterocycles. The van der Waals surface area contributed by atoms with Crippen LogP contribution in [-0.4, -0.2) is 30.1 Å². The third kappa shape index (κ3) is 8.47. The van der Waals surface area contributed by atoms with E-state index in [0.29, 0.717) is 17.8 Å². The molecular weight excluding hydrogens is 370 g/mol. The molecule has 0 heterocycles. The van der Waals surface area contributed by atoms with Crippen molar-refractivity contribution in [3.63, 3.8) is 0 Å². The van der Waals surface area contributed by atoms with Crippen molar-refractivity contribution in [1.82, 2.24) is 10.6 Å². The van der Waals surface area contributed by atoms with Crippen molar-refractivity contribution in [2.75, 3.05) is 11.9 Å². The van der Waals surface area contributed by atoms with Crippen LogP contribution in [0.5, 0.6) is 0 Å². The van der Waals surface area contributed by atoms with Gasteiger partial charge >= 0.3 is 6.09 Å². The number of nitrogens with one attached hydrogen (secondary N) is 3. The average molecular weight is 397 g/mol.